The molecule has 0 saturated carbocycles. The summed E-state index contributed by atoms with van der Waals surface area (Å²) >= 11 is 0. The van der Waals surface area contributed by atoms with Crippen molar-refractivity contribution in [3.05, 3.63) is 53.1 Å². The number of benzene rings is 2. The van der Waals surface area contributed by atoms with Crippen molar-refractivity contribution in [2.24, 2.45) is 0 Å². The topological polar surface area (TPSA) is 68.7 Å². The second-order valence-electron chi connectivity index (χ2n) is 7.17. The van der Waals surface area contributed by atoms with Gasteiger partial charge in [-0.3, -0.25) is 0 Å². The van der Waals surface area contributed by atoms with E-state index in [2.05, 4.69) is 4.98 Å². The third kappa shape index (κ3) is 3.29. The quantitative estimate of drug-likeness (QED) is 0.633. The van der Waals surface area contributed by atoms with E-state index in [0.29, 0.717) is 52.9 Å². The Morgan fingerprint density at radius 2 is 1.90 bits per heavy atom. The molecule has 7 heteroatoms. The molecule has 1 aliphatic heterocycles. The van der Waals surface area contributed by atoms with Crippen LogP contribution in [0.5, 0.6) is 11.5 Å². The molecular formula is C22H24N2O4S. The Morgan fingerprint density at radius 3 is 2.62 bits per heavy atom. The predicted molar refractivity (Wildman–Crippen MR) is 114 cm³/mol. The number of aromatic nitrogens is 1. The SMILES string of the molecule is CCOc1cc(C)c(S(=O)(=O)N2CCc3cc4ccc(OC)cc4nc32)cc1C. The normalized spacial score (nSPS) is 13.6. The van der Waals surface area contributed by atoms with E-state index in [0.717, 1.165) is 16.5 Å². The summed E-state index contributed by atoms with van der Waals surface area (Å²) in [6.07, 6.45) is 0.637. The number of hydrogen-bond acceptors (Lipinski definition) is 5. The standard InChI is InChI=1S/C22H24N2O4S/c1-5-28-20-10-15(3)21(11-14(20)2)29(25,26)24-9-8-17-12-16-6-7-18(27-4)13-19(16)23-22(17)24/h6-7,10-13H,5,8-9H2,1-4H3. The van der Waals surface area contributed by atoms with Gasteiger partial charge in [-0.15, -0.1) is 0 Å². The fourth-order valence-electron chi connectivity index (χ4n) is 3.74. The molecule has 29 heavy (non-hydrogen) atoms. The molecule has 0 N–H and O–H groups in total. The lowest BCUT2D eigenvalue weighted by Crippen LogP contribution is -2.30. The van der Waals surface area contributed by atoms with E-state index in [-0.39, 0.29) is 0 Å². The summed E-state index contributed by atoms with van der Waals surface area (Å²) in [5, 5.41) is 0.969. The van der Waals surface area contributed by atoms with E-state index in [1.54, 1.807) is 26.2 Å². The minimum Gasteiger partial charge on any atom is -0.497 e. The van der Waals surface area contributed by atoms with Crippen molar-refractivity contribution < 1.29 is 17.9 Å². The Labute approximate surface area is 171 Å². The molecule has 0 bridgehead atoms. The first-order valence-electron chi connectivity index (χ1n) is 9.59. The van der Waals surface area contributed by atoms with E-state index >= 15 is 0 Å². The van der Waals surface area contributed by atoms with Crippen molar-refractivity contribution in [3.63, 3.8) is 0 Å². The summed E-state index contributed by atoms with van der Waals surface area (Å²) in [7, 11) is -2.14. The summed E-state index contributed by atoms with van der Waals surface area (Å²) in [6.45, 7) is 6.48. The number of anilines is 1. The zero-order valence-electron chi connectivity index (χ0n) is 17.0. The number of aryl methyl sites for hydroxylation is 2. The van der Waals surface area contributed by atoms with Gasteiger partial charge in [-0.25, -0.2) is 17.7 Å². The van der Waals surface area contributed by atoms with Gasteiger partial charge in [-0.2, -0.15) is 0 Å². The first-order valence-corrected chi connectivity index (χ1v) is 11.0. The molecule has 3 aromatic rings. The van der Waals surface area contributed by atoms with Gasteiger partial charge in [-0.1, -0.05) is 0 Å². The van der Waals surface area contributed by atoms with Crippen LogP contribution in [0.25, 0.3) is 10.9 Å². The molecule has 6 nitrogen and oxygen atoms in total. The summed E-state index contributed by atoms with van der Waals surface area (Å²) < 4.78 is 39.3. The van der Waals surface area contributed by atoms with Crippen molar-refractivity contribution in [2.75, 3.05) is 24.6 Å². The highest BCUT2D eigenvalue weighted by molar-refractivity contribution is 7.92. The second kappa shape index (κ2) is 7.22. The van der Waals surface area contributed by atoms with Crippen molar-refractivity contribution >= 4 is 26.7 Å². The van der Waals surface area contributed by atoms with Gasteiger partial charge in [0.15, 0.2) is 0 Å². The Balaban J connectivity index is 1.81. The summed E-state index contributed by atoms with van der Waals surface area (Å²) in [4.78, 5) is 4.97. The van der Waals surface area contributed by atoms with Crippen LogP contribution in [0.4, 0.5) is 5.82 Å². The molecule has 0 amide bonds. The molecule has 2 aromatic carbocycles. The first kappa shape index (κ1) is 19.5. The Hall–Kier alpha value is -2.80. The van der Waals surface area contributed by atoms with Crippen molar-refractivity contribution in [1.29, 1.82) is 0 Å². The van der Waals surface area contributed by atoms with Gasteiger partial charge in [0.1, 0.15) is 17.3 Å². The number of sulfonamides is 1. The third-order valence-electron chi connectivity index (χ3n) is 5.24. The van der Waals surface area contributed by atoms with E-state index in [9.17, 15) is 8.42 Å². The van der Waals surface area contributed by atoms with Crippen LogP contribution in [-0.2, 0) is 16.4 Å². The maximum Gasteiger partial charge on any atom is 0.265 e. The molecule has 0 atom stereocenters. The smallest absolute Gasteiger partial charge is 0.265 e. The molecule has 0 fully saturated rings. The van der Waals surface area contributed by atoms with Crippen molar-refractivity contribution in [3.8, 4) is 11.5 Å². The van der Waals surface area contributed by atoms with E-state index in [4.69, 9.17) is 9.47 Å². The highest BCUT2D eigenvalue weighted by atomic mass is 32.2. The van der Waals surface area contributed by atoms with E-state index in [1.165, 1.54) is 4.31 Å². The number of rotatable bonds is 5. The third-order valence-corrected chi connectivity index (χ3v) is 7.17. The number of fused-ring (bicyclic) bond motifs is 2. The number of pyridine rings is 1. The summed E-state index contributed by atoms with van der Waals surface area (Å²) in [6, 6.07) is 11.2. The fraction of sp³-hybridized carbons (Fsp3) is 0.318. The lowest BCUT2D eigenvalue weighted by Gasteiger charge is -2.21. The van der Waals surface area contributed by atoms with Crippen LogP contribution >= 0.6 is 0 Å². The molecule has 0 unspecified atom stereocenters. The van der Waals surface area contributed by atoms with Gasteiger partial charge in [0.2, 0.25) is 0 Å². The van der Waals surface area contributed by atoms with Gasteiger partial charge < -0.3 is 9.47 Å². The van der Waals surface area contributed by atoms with Crippen LogP contribution in [0.2, 0.25) is 0 Å². The fourth-order valence-corrected chi connectivity index (χ4v) is 5.49. The second-order valence-corrected chi connectivity index (χ2v) is 9.00. The van der Waals surface area contributed by atoms with E-state index in [1.807, 2.05) is 38.1 Å². The minimum absolute atomic E-state index is 0.291. The monoisotopic (exact) mass is 412 g/mol. The van der Waals surface area contributed by atoms with Gasteiger partial charge >= 0.3 is 0 Å². The van der Waals surface area contributed by atoms with Gasteiger partial charge in [0, 0.05) is 18.0 Å². The molecule has 0 radical (unpaired) electrons. The molecule has 0 saturated heterocycles. The molecule has 4 rings (SSSR count). The van der Waals surface area contributed by atoms with E-state index < -0.39 is 10.0 Å². The van der Waals surface area contributed by atoms with Crippen molar-refractivity contribution in [2.45, 2.75) is 32.1 Å². The average molecular weight is 413 g/mol. The average Bonchev–Trinajstić information content (AvgIpc) is 3.11. The predicted octanol–water partition coefficient (Wildman–Crippen LogP) is 4.01. The Bertz CT molecular complexity index is 1210. The molecule has 2 heterocycles. The number of hydrogen-bond donors (Lipinski definition) is 0. The van der Waals surface area contributed by atoms with Crippen LogP contribution in [-0.4, -0.2) is 33.7 Å². The maximum atomic E-state index is 13.5. The number of methoxy groups -OCH3 is 1. The Morgan fingerprint density at radius 1 is 1.10 bits per heavy atom. The largest absolute Gasteiger partial charge is 0.497 e. The minimum atomic E-state index is -3.74. The number of nitrogens with zero attached hydrogens (tertiary/aromatic N) is 2. The van der Waals surface area contributed by atoms with Crippen LogP contribution in [0.1, 0.15) is 23.6 Å². The molecule has 1 aromatic heterocycles. The highest BCUT2D eigenvalue weighted by Gasteiger charge is 2.34. The lowest BCUT2D eigenvalue weighted by atomic mass is 10.1. The summed E-state index contributed by atoms with van der Waals surface area (Å²) in [5.41, 5.74) is 3.11. The van der Waals surface area contributed by atoms with Crippen LogP contribution < -0.4 is 13.8 Å². The zero-order chi connectivity index (χ0) is 20.8. The highest BCUT2D eigenvalue weighted by Crippen LogP contribution is 2.36. The maximum absolute atomic E-state index is 13.5. The number of ether oxygens (including phenoxy) is 2. The van der Waals surface area contributed by atoms with Crippen molar-refractivity contribution in [1.82, 2.24) is 4.98 Å². The molecule has 0 aliphatic carbocycles. The van der Waals surface area contributed by atoms with Crippen LogP contribution in [0.15, 0.2) is 41.3 Å². The Kier molecular flexibility index (Phi) is 4.86. The van der Waals surface area contributed by atoms with Gasteiger partial charge in [0.05, 0.1) is 24.1 Å². The molecule has 1 aliphatic rings. The van der Waals surface area contributed by atoms with Crippen LogP contribution in [0.3, 0.4) is 0 Å². The molecule has 152 valence electrons. The van der Waals surface area contributed by atoms with Crippen LogP contribution in [0, 0.1) is 13.8 Å². The van der Waals surface area contributed by atoms with Gasteiger partial charge in [0.25, 0.3) is 10.0 Å². The van der Waals surface area contributed by atoms with Gasteiger partial charge in [-0.05, 0) is 74.2 Å². The first-order chi connectivity index (χ1) is 13.8. The molecular weight excluding hydrogens is 388 g/mol. The molecule has 0 spiro atoms. The zero-order valence-corrected chi connectivity index (χ0v) is 17.8. The summed E-state index contributed by atoms with van der Waals surface area (Å²) in [5.74, 6) is 1.90. The lowest BCUT2D eigenvalue weighted by molar-refractivity contribution is 0.337.